The third-order valence-corrected chi connectivity index (χ3v) is 7.69. The molecule has 190 valence electrons. The van der Waals surface area contributed by atoms with E-state index in [1.165, 1.54) is 29.9 Å². The van der Waals surface area contributed by atoms with E-state index in [9.17, 15) is 4.79 Å². The molecular formula is C26H33N7O2S. The molecule has 2 fully saturated rings. The van der Waals surface area contributed by atoms with Crippen molar-refractivity contribution in [1.29, 1.82) is 0 Å². The van der Waals surface area contributed by atoms with E-state index in [1.54, 1.807) is 19.3 Å². The molecule has 2 saturated heterocycles. The Bertz CT molecular complexity index is 1170. The number of nitrogens with zero attached hydrogens (tertiary/aromatic N) is 4. The number of hydrogen-bond donors (Lipinski definition) is 3. The number of carbonyl (C=O) groups is 1. The Morgan fingerprint density at radius 1 is 1.06 bits per heavy atom. The van der Waals surface area contributed by atoms with Crippen LogP contribution in [0.1, 0.15) is 28.8 Å². The first-order valence-electron chi connectivity index (χ1n) is 12.4. The molecule has 3 aromatic rings. The van der Waals surface area contributed by atoms with Crippen molar-refractivity contribution in [2.24, 2.45) is 0 Å². The minimum atomic E-state index is -0.130. The quantitative estimate of drug-likeness (QED) is 0.442. The molecule has 2 aromatic heterocycles. The molecule has 4 heterocycles. The van der Waals surface area contributed by atoms with Crippen LogP contribution < -0.4 is 20.9 Å². The van der Waals surface area contributed by atoms with E-state index in [4.69, 9.17) is 4.74 Å². The average molecular weight is 508 g/mol. The fraction of sp³-hybridized carbons (Fsp3) is 0.423. The van der Waals surface area contributed by atoms with Crippen LogP contribution in [0, 0.1) is 6.92 Å². The van der Waals surface area contributed by atoms with Gasteiger partial charge in [0.15, 0.2) is 0 Å². The fourth-order valence-electron chi connectivity index (χ4n) is 4.77. The van der Waals surface area contributed by atoms with E-state index in [0.29, 0.717) is 23.4 Å². The van der Waals surface area contributed by atoms with Gasteiger partial charge in [-0.1, -0.05) is 0 Å². The molecule has 0 unspecified atom stereocenters. The van der Waals surface area contributed by atoms with Crippen molar-refractivity contribution in [3.8, 4) is 0 Å². The van der Waals surface area contributed by atoms with Crippen LogP contribution in [-0.2, 0) is 4.74 Å². The summed E-state index contributed by atoms with van der Waals surface area (Å²) in [7, 11) is 1.63. The van der Waals surface area contributed by atoms with E-state index in [-0.39, 0.29) is 5.91 Å². The monoisotopic (exact) mass is 507 g/mol. The lowest BCUT2D eigenvalue weighted by Gasteiger charge is -2.40. The van der Waals surface area contributed by atoms with Gasteiger partial charge in [-0.2, -0.15) is 4.98 Å². The first kappa shape index (κ1) is 24.5. The molecule has 0 spiro atoms. The van der Waals surface area contributed by atoms with Crippen LogP contribution >= 0.6 is 11.3 Å². The van der Waals surface area contributed by atoms with E-state index in [0.717, 1.165) is 55.6 Å². The summed E-state index contributed by atoms with van der Waals surface area (Å²) in [4.78, 5) is 26.3. The molecule has 0 atom stereocenters. The number of hydrogen-bond acceptors (Lipinski definition) is 9. The minimum absolute atomic E-state index is 0.130. The maximum absolute atomic E-state index is 12.1. The Kier molecular flexibility index (Phi) is 7.64. The van der Waals surface area contributed by atoms with Gasteiger partial charge in [-0.25, -0.2) is 4.98 Å². The van der Waals surface area contributed by atoms with Crippen LogP contribution in [0.3, 0.4) is 0 Å². The molecule has 2 aliphatic heterocycles. The standard InChI is InChI=1S/C26H33N7O2S/c1-18-17-28-26(31-23(18)30-25-22(9-16-36-25)24(34)27-2)29-19-3-5-20(6-4-19)32-10-7-21(8-11-32)33-12-14-35-15-13-33/h3-6,9,16-17,21H,7-8,10-15H2,1-2H3,(H,27,34)(H2,28,29,30,31). The van der Waals surface area contributed by atoms with Crippen molar-refractivity contribution < 1.29 is 9.53 Å². The molecule has 2 aliphatic rings. The maximum Gasteiger partial charge on any atom is 0.254 e. The molecule has 10 heteroatoms. The Hall–Kier alpha value is -3.21. The van der Waals surface area contributed by atoms with E-state index in [2.05, 4.69) is 60.0 Å². The summed E-state index contributed by atoms with van der Waals surface area (Å²) in [6.45, 7) is 7.94. The van der Waals surface area contributed by atoms with Crippen LogP contribution in [0.25, 0.3) is 0 Å². The van der Waals surface area contributed by atoms with Gasteiger partial charge < -0.3 is 25.6 Å². The molecular weight excluding hydrogens is 474 g/mol. The molecule has 9 nitrogen and oxygen atoms in total. The van der Waals surface area contributed by atoms with Crippen LogP contribution in [0.4, 0.5) is 28.1 Å². The molecule has 1 amide bonds. The van der Waals surface area contributed by atoms with Crippen molar-refractivity contribution >= 4 is 45.4 Å². The van der Waals surface area contributed by atoms with Crippen molar-refractivity contribution in [1.82, 2.24) is 20.2 Å². The summed E-state index contributed by atoms with van der Waals surface area (Å²) in [5, 5.41) is 11.9. The number of aryl methyl sites for hydroxylation is 1. The number of rotatable bonds is 7. The fourth-order valence-corrected chi connectivity index (χ4v) is 5.56. The predicted molar refractivity (Wildman–Crippen MR) is 145 cm³/mol. The summed E-state index contributed by atoms with van der Waals surface area (Å²) < 4.78 is 5.50. The third kappa shape index (κ3) is 5.61. The van der Waals surface area contributed by atoms with Crippen molar-refractivity contribution in [3.63, 3.8) is 0 Å². The summed E-state index contributed by atoms with van der Waals surface area (Å²) in [5.41, 5.74) is 3.67. The topological polar surface area (TPSA) is 94.6 Å². The molecule has 0 aliphatic carbocycles. The number of nitrogens with one attached hydrogen (secondary N) is 3. The Morgan fingerprint density at radius 3 is 2.53 bits per heavy atom. The lowest BCUT2D eigenvalue weighted by atomic mass is 10.0. The zero-order chi connectivity index (χ0) is 24.9. The number of amides is 1. The van der Waals surface area contributed by atoms with Crippen LogP contribution in [0.2, 0.25) is 0 Å². The summed E-state index contributed by atoms with van der Waals surface area (Å²) >= 11 is 1.46. The van der Waals surface area contributed by atoms with Crippen molar-refractivity contribution in [2.45, 2.75) is 25.8 Å². The normalized spacial score (nSPS) is 17.1. The minimum Gasteiger partial charge on any atom is -0.379 e. The molecule has 0 bridgehead atoms. The van der Waals surface area contributed by atoms with Gasteiger partial charge in [0, 0.05) is 62.4 Å². The van der Waals surface area contributed by atoms with Crippen LogP contribution in [0.15, 0.2) is 41.9 Å². The number of ether oxygens (including phenoxy) is 1. The highest BCUT2D eigenvalue weighted by molar-refractivity contribution is 7.14. The van der Waals surface area contributed by atoms with Gasteiger partial charge in [-0.05, 0) is 55.5 Å². The number of anilines is 5. The smallest absolute Gasteiger partial charge is 0.254 e. The number of benzene rings is 1. The van der Waals surface area contributed by atoms with E-state index in [1.807, 2.05) is 12.3 Å². The van der Waals surface area contributed by atoms with Crippen molar-refractivity contribution in [2.75, 3.05) is 62.0 Å². The van der Waals surface area contributed by atoms with Gasteiger partial charge in [-0.3, -0.25) is 9.69 Å². The number of thiophene rings is 1. The molecule has 0 saturated carbocycles. The Balaban J connectivity index is 1.20. The number of morpholine rings is 1. The molecule has 3 N–H and O–H groups in total. The van der Waals surface area contributed by atoms with E-state index >= 15 is 0 Å². The van der Waals surface area contributed by atoms with Gasteiger partial charge in [0.25, 0.3) is 5.91 Å². The Labute approximate surface area is 215 Å². The second-order valence-corrected chi connectivity index (χ2v) is 10.0. The van der Waals surface area contributed by atoms with Gasteiger partial charge >= 0.3 is 0 Å². The Morgan fingerprint density at radius 2 is 1.81 bits per heavy atom. The lowest BCUT2D eigenvalue weighted by molar-refractivity contribution is 0.0115. The molecule has 36 heavy (non-hydrogen) atoms. The summed E-state index contributed by atoms with van der Waals surface area (Å²) in [5.74, 6) is 1.04. The van der Waals surface area contributed by atoms with Crippen LogP contribution in [0.5, 0.6) is 0 Å². The van der Waals surface area contributed by atoms with Crippen molar-refractivity contribution in [3.05, 3.63) is 53.0 Å². The first-order chi connectivity index (χ1) is 17.6. The molecule has 0 radical (unpaired) electrons. The summed E-state index contributed by atoms with van der Waals surface area (Å²) in [6, 6.07) is 10.9. The van der Waals surface area contributed by atoms with E-state index < -0.39 is 0 Å². The number of carbonyl (C=O) groups excluding carboxylic acids is 1. The molecule has 1 aromatic carbocycles. The number of piperidine rings is 1. The van der Waals surface area contributed by atoms with Gasteiger partial charge in [-0.15, -0.1) is 11.3 Å². The third-order valence-electron chi connectivity index (χ3n) is 6.86. The predicted octanol–water partition coefficient (Wildman–Crippen LogP) is 3.99. The highest BCUT2D eigenvalue weighted by Gasteiger charge is 2.26. The highest BCUT2D eigenvalue weighted by atomic mass is 32.1. The largest absolute Gasteiger partial charge is 0.379 e. The number of aromatic nitrogens is 2. The second-order valence-electron chi connectivity index (χ2n) is 9.13. The van der Waals surface area contributed by atoms with Gasteiger partial charge in [0.1, 0.15) is 10.8 Å². The van der Waals surface area contributed by atoms with Crippen LogP contribution in [-0.4, -0.2) is 73.3 Å². The SMILES string of the molecule is CNC(=O)c1ccsc1Nc1nc(Nc2ccc(N3CCC(N4CCOCC4)CC3)cc2)ncc1C. The highest BCUT2D eigenvalue weighted by Crippen LogP contribution is 2.29. The lowest BCUT2D eigenvalue weighted by Crippen LogP contribution is -2.49. The maximum atomic E-state index is 12.1. The first-order valence-corrected chi connectivity index (χ1v) is 13.3. The molecule has 5 rings (SSSR count). The van der Waals surface area contributed by atoms with Gasteiger partial charge in [0.05, 0.1) is 18.8 Å². The zero-order valence-corrected chi connectivity index (χ0v) is 21.6. The second kappa shape index (κ2) is 11.2. The van der Waals surface area contributed by atoms with Gasteiger partial charge in [0.2, 0.25) is 5.95 Å². The zero-order valence-electron chi connectivity index (χ0n) is 20.8. The summed E-state index contributed by atoms with van der Waals surface area (Å²) in [6.07, 6.45) is 4.16. The average Bonchev–Trinajstić information content (AvgIpc) is 3.39.